The second-order valence-corrected chi connectivity index (χ2v) is 5.97. The van der Waals surface area contributed by atoms with Crippen molar-refractivity contribution < 1.29 is 9.18 Å². The summed E-state index contributed by atoms with van der Waals surface area (Å²) < 4.78 is 13.3. The SMILES string of the molecule is C.NC(N)=NC(=O)N1CCc2cccc(-c3ccc(F)cc3Cl)c2C1. The Balaban J connectivity index is 0.00000225. The zero-order valence-corrected chi connectivity index (χ0v) is 13.6. The van der Waals surface area contributed by atoms with E-state index in [1.807, 2.05) is 18.2 Å². The molecule has 0 atom stereocenters. The molecule has 25 heavy (non-hydrogen) atoms. The molecule has 0 saturated carbocycles. The summed E-state index contributed by atoms with van der Waals surface area (Å²) in [6.07, 6.45) is 0.688. The minimum absolute atomic E-state index is 0. The van der Waals surface area contributed by atoms with Crippen molar-refractivity contribution >= 4 is 23.6 Å². The lowest BCUT2D eigenvalue weighted by molar-refractivity contribution is 0.203. The van der Waals surface area contributed by atoms with Crippen LogP contribution in [0.15, 0.2) is 41.4 Å². The van der Waals surface area contributed by atoms with E-state index in [-0.39, 0.29) is 13.4 Å². The summed E-state index contributed by atoms with van der Waals surface area (Å²) in [5.74, 6) is -0.654. The number of rotatable bonds is 1. The van der Waals surface area contributed by atoms with Gasteiger partial charge in [0.15, 0.2) is 5.96 Å². The summed E-state index contributed by atoms with van der Waals surface area (Å²) in [7, 11) is 0. The van der Waals surface area contributed by atoms with E-state index in [0.29, 0.717) is 24.5 Å². The number of carbonyl (C=O) groups excluding carboxylic acids is 1. The predicted octanol–water partition coefficient (Wildman–Crippen LogP) is 3.53. The summed E-state index contributed by atoms with van der Waals surface area (Å²) in [4.78, 5) is 17.2. The van der Waals surface area contributed by atoms with Crippen LogP contribution in [0, 0.1) is 5.82 Å². The molecule has 2 aromatic carbocycles. The number of hydrogen-bond acceptors (Lipinski definition) is 1. The summed E-state index contributed by atoms with van der Waals surface area (Å²) in [5.41, 5.74) is 14.3. The number of guanidine groups is 1. The molecule has 2 aromatic rings. The first-order valence-corrected chi connectivity index (χ1v) is 7.78. The lowest BCUT2D eigenvalue weighted by Crippen LogP contribution is -2.36. The van der Waals surface area contributed by atoms with Gasteiger partial charge in [0.1, 0.15) is 5.82 Å². The van der Waals surface area contributed by atoms with Crippen LogP contribution in [0.3, 0.4) is 0 Å². The highest BCUT2D eigenvalue weighted by Gasteiger charge is 2.23. The average molecular weight is 363 g/mol. The van der Waals surface area contributed by atoms with Crippen LogP contribution in [0.2, 0.25) is 5.02 Å². The number of hydrogen-bond donors (Lipinski definition) is 2. The van der Waals surface area contributed by atoms with Gasteiger partial charge in [-0.3, -0.25) is 0 Å². The standard InChI is InChI=1S/C17H16ClFN4O.CH4/c18-15-8-11(19)4-5-13(15)12-3-1-2-10-6-7-23(9-14(10)12)17(24)22-16(20)21;/h1-5,8H,6-7,9H2,(H4,20,21,22,24);1H4. The number of nitrogens with two attached hydrogens (primary N) is 2. The zero-order valence-electron chi connectivity index (χ0n) is 12.8. The van der Waals surface area contributed by atoms with Crippen LogP contribution in [0.25, 0.3) is 11.1 Å². The largest absolute Gasteiger partial charge is 0.370 e. The lowest BCUT2D eigenvalue weighted by atomic mass is 9.91. The third-order valence-electron chi connectivity index (χ3n) is 3.99. The average Bonchev–Trinajstić information content (AvgIpc) is 2.53. The number of amides is 2. The molecule has 7 heteroatoms. The molecule has 132 valence electrons. The molecule has 5 nitrogen and oxygen atoms in total. The number of halogens is 2. The van der Waals surface area contributed by atoms with Crippen LogP contribution in [-0.4, -0.2) is 23.4 Å². The quantitative estimate of drug-likeness (QED) is 0.601. The fourth-order valence-electron chi connectivity index (χ4n) is 2.89. The molecule has 0 saturated heterocycles. The lowest BCUT2D eigenvalue weighted by Gasteiger charge is -2.29. The third-order valence-corrected chi connectivity index (χ3v) is 4.30. The Bertz CT molecular complexity index is 834. The van der Waals surface area contributed by atoms with Crippen molar-refractivity contribution in [3.8, 4) is 11.1 Å². The van der Waals surface area contributed by atoms with Crippen molar-refractivity contribution in [1.82, 2.24) is 4.90 Å². The van der Waals surface area contributed by atoms with Gasteiger partial charge in [0.2, 0.25) is 0 Å². The molecule has 1 heterocycles. The molecule has 2 amide bonds. The van der Waals surface area contributed by atoms with Gasteiger partial charge in [0, 0.05) is 18.7 Å². The van der Waals surface area contributed by atoms with Crippen molar-refractivity contribution in [3.05, 3.63) is 58.4 Å². The van der Waals surface area contributed by atoms with Crippen LogP contribution in [0.1, 0.15) is 18.6 Å². The van der Waals surface area contributed by atoms with E-state index in [1.54, 1.807) is 11.0 Å². The van der Waals surface area contributed by atoms with Gasteiger partial charge in [0.05, 0.1) is 5.02 Å². The van der Waals surface area contributed by atoms with E-state index in [0.717, 1.165) is 22.3 Å². The van der Waals surface area contributed by atoms with E-state index in [2.05, 4.69) is 4.99 Å². The van der Waals surface area contributed by atoms with Crippen LogP contribution in [0.4, 0.5) is 9.18 Å². The zero-order chi connectivity index (χ0) is 17.3. The number of carbonyl (C=O) groups is 1. The number of urea groups is 1. The van der Waals surface area contributed by atoms with E-state index in [9.17, 15) is 9.18 Å². The maximum atomic E-state index is 13.3. The molecule has 0 unspecified atom stereocenters. The van der Waals surface area contributed by atoms with Crippen LogP contribution >= 0.6 is 11.6 Å². The van der Waals surface area contributed by atoms with E-state index in [1.165, 1.54) is 12.1 Å². The van der Waals surface area contributed by atoms with Crippen molar-refractivity contribution in [1.29, 1.82) is 0 Å². The first-order chi connectivity index (χ1) is 11.5. The van der Waals surface area contributed by atoms with Gasteiger partial charge in [-0.25, -0.2) is 9.18 Å². The van der Waals surface area contributed by atoms with Gasteiger partial charge in [-0.2, -0.15) is 4.99 Å². The molecule has 0 bridgehead atoms. The number of benzene rings is 2. The number of fused-ring (bicyclic) bond motifs is 1. The summed E-state index contributed by atoms with van der Waals surface area (Å²) in [5, 5.41) is 0.330. The topological polar surface area (TPSA) is 84.7 Å². The third kappa shape index (κ3) is 3.91. The minimum Gasteiger partial charge on any atom is -0.370 e. The fraction of sp³-hybridized carbons (Fsp3) is 0.222. The number of aliphatic imine (C=N–C) groups is 1. The molecular formula is C18H20ClFN4O. The summed E-state index contributed by atoms with van der Waals surface area (Å²) in [6, 6.07) is 9.67. The Kier molecular flexibility index (Phi) is 5.64. The summed E-state index contributed by atoms with van der Waals surface area (Å²) in [6.45, 7) is 0.901. The van der Waals surface area contributed by atoms with Gasteiger partial charge in [-0.1, -0.05) is 37.2 Å². The highest BCUT2D eigenvalue weighted by molar-refractivity contribution is 6.33. The second-order valence-electron chi connectivity index (χ2n) is 5.56. The van der Waals surface area contributed by atoms with Gasteiger partial charge in [0.25, 0.3) is 0 Å². The molecule has 3 rings (SSSR count). The maximum Gasteiger partial charge on any atom is 0.347 e. The van der Waals surface area contributed by atoms with E-state index >= 15 is 0 Å². The molecular weight excluding hydrogens is 343 g/mol. The van der Waals surface area contributed by atoms with Crippen molar-refractivity contribution in [2.75, 3.05) is 6.54 Å². The van der Waals surface area contributed by atoms with Gasteiger partial charge in [-0.15, -0.1) is 0 Å². The van der Waals surface area contributed by atoms with Crippen molar-refractivity contribution in [2.45, 2.75) is 20.4 Å². The van der Waals surface area contributed by atoms with Crippen LogP contribution in [0.5, 0.6) is 0 Å². The molecule has 1 aliphatic rings. The molecule has 4 N–H and O–H groups in total. The first kappa shape index (κ1) is 18.7. The summed E-state index contributed by atoms with van der Waals surface area (Å²) >= 11 is 6.20. The van der Waals surface area contributed by atoms with Gasteiger partial charge >= 0.3 is 6.03 Å². The Morgan fingerprint density at radius 1 is 1.20 bits per heavy atom. The van der Waals surface area contributed by atoms with E-state index in [4.69, 9.17) is 23.1 Å². The number of nitrogens with zero attached hydrogens (tertiary/aromatic N) is 2. The molecule has 0 radical (unpaired) electrons. The smallest absolute Gasteiger partial charge is 0.347 e. The molecule has 0 aliphatic carbocycles. The Hall–Kier alpha value is -2.60. The molecule has 0 aromatic heterocycles. The Morgan fingerprint density at radius 2 is 1.96 bits per heavy atom. The fourth-order valence-corrected chi connectivity index (χ4v) is 3.15. The Labute approximate surface area is 151 Å². The monoisotopic (exact) mass is 362 g/mol. The maximum absolute atomic E-state index is 13.3. The Morgan fingerprint density at radius 3 is 2.64 bits per heavy atom. The van der Waals surface area contributed by atoms with Crippen molar-refractivity contribution in [2.24, 2.45) is 16.5 Å². The van der Waals surface area contributed by atoms with Gasteiger partial charge < -0.3 is 16.4 Å². The highest BCUT2D eigenvalue weighted by atomic mass is 35.5. The predicted molar refractivity (Wildman–Crippen MR) is 98.9 cm³/mol. The van der Waals surface area contributed by atoms with Crippen LogP contribution in [-0.2, 0) is 13.0 Å². The van der Waals surface area contributed by atoms with Crippen LogP contribution < -0.4 is 11.5 Å². The van der Waals surface area contributed by atoms with Crippen molar-refractivity contribution in [3.63, 3.8) is 0 Å². The van der Waals surface area contributed by atoms with E-state index < -0.39 is 11.8 Å². The first-order valence-electron chi connectivity index (χ1n) is 7.40. The molecule has 0 fully saturated rings. The molecule has 0 spiro atoms. The highest BCUT2D eigenvalue weighted by Crippen LogP contribution is 2.35. The minimum atomic E-state index is -0.472. The van der Waals surface area contributed by atoms with Gasteiger partial charge in [-0.05, 0) is 41.3 Å². The molecule has 1 aliphatic heterocycles. The second kappa shape index (κ2) is 7.53. The normalized spacial score (nSPS) is 12.8.